The number of nitrogens with two attached hydrogens (primary N) is 1. The van der Waals surface area contributed by atoms with Crippen LogP contribution in [-0.2, 0) is 7.05 Å². The zero-order chi connectivity index (χ0) is 12.5. The van der Waals surface area contributed by atoms with E-state index in [1.54, 1.807) is 17.5 Å². The van der Waals surface area contributed by atoms with Crippen molar-refractivity contribution in [2.45, 2.75) is 0 Å². The smallest absolute Gasteiger partial charge is 0.168 e. The molecule has 0 spiro atoms. The molecule has 2 aromatic heterocycles. The number of rotatable bonds is 2. The summed E-state index contributed by atoms with van der Waals surface area (Å²) in [5.41, 5.74) is 8.56. The summed E-state index contributed by atoms with van der Waals surface area (Å²) in [6.45, 7) is 0. The summed E-state index contributed by atoms with van der Waals surface area (Å²) in [4.78, 5) is 8.89. The average Bonchev–Trinajstić information content (AvgIpc) is 2.98. The number of nitrogens with zero attached hydrogens (tertiary/aromatic N) is 3. The van der Waals surface area contributed by atoms with Crippen LogP contribution < -0.4 is 5.73 Å². The van der Waals surface area contributed by atoms with Crippen molar-refractivity contribution < 1.29 is 0 Å². The number of hydrogen-bond acceptors (Lipinski definition) is 4. The lowest BCUT2D eigenvalue weighted by Gasteiger charge is -2.00. The van der Waals surface area contributed by atoms with E-state index in [-0.39, 0.29) is 0 Å². The second-order valence-corrected chi connectivity index (χ2v) is 4.85. The van der Waals surface area contributed by atoms with Gasteiger partial charge in [-0.15, -0.1) is 11.3 Å². The lowest BCUT2D eigenvalue weighted by molar-refractivity contribution is 0.923. The van der Waals surface area contributed by atoms with Crippen molar-refractivity contribution in [3.63, 3.8) is 0 Å². The van der Waals surface area contributed by atoms with Gasteiger partial charge in [-0.2, -0.15) is 0 Å². The molecule has 0 amide bonds. The monoisotopic (exact) mass is 256 g/mol. The van der Waals surface area contributed by atoms with Gasteiger partial charge in [-0.3, -0.25) is 0 Å². The highest BCUT2D eigenvalue weighted by atomic mass is 32.1. The molecule has 1 aromatic carbocycles. The number of aryl methyl sites for hydroxylation is 1. The summed E-state index contributed by atoms with van der Waals surface area (Å²) in [5.74, 6) is 0.876. The normalized spacial score (nSPS) is 10.7. The second-order valence-electron chi connectivity index (χ2n) is 3.99. The fourth-order valence-corrected chi connectivity index (χ4v) is 2.66. The van der Waals surface area contributed by atoms with E-state index in [4.69, 9.17) is 5.73 Å². The molecule has 0 saturated heterocycles. The highest BCUT2D eigenvalue weighted by Crippen LogP contribution is 2.30. The first kappa shape index (κ1) is 11.0. The number of aromatic nitrogens is 3. The molecule has 0 radical (unpaired) electrons. The average molecular weight is 256 g/mol. The zero-order valence-electron chi connectivity index (χ0n) is 9.87. The number of nitrogen functional groups attached to an aromatic ring is 1. The van der Waals surface area contributed by atoms with Crippen LogP contribution in [0.4, 0.5) is 5.69 Å². The molecule has 0 aliphatic rings. The van der Waals surface area contributed by atoms with Crippen molar-refractivity contribution in [3.8, 4) is 22.1 Å². The van der Waals surface area contributed by atoms with Gasteiger partial charge in [-0.1, -0.05) is 18.2 Å². The van der Waals surface area contributed by atoms with E-state index in [2.05, 4.69) is 9.97 Å². The largest absolute Gasteiger partial charge is 0.398 e. The molecular formula is C13H12N4S. The highest BCUT2D eigenvalue weighted by Gasteiger charge is 2.11. The number of anilines is 1. The topological polar surface area (TPSA) is 56.7 Å². The maximum Gasteiger partial charge on any atom is 0.168 e. The molecule has 4 nitrogen and oxygen atoms in total. The Balaban J connectivity index is 2.05. The number of para-hydroxylation sites is 1. The van der Waals surface area contributed by atoms with Crippen molar-refractivity contribution in [1.82, 2.24) is 14.5 Å². The van der Waals surface area contributed by atoms with Gasteiger partial charge in [0.05, 0.1) is 5.69 Å². The Morgan fingerprint density at radius 1 is 1.28 bits per heavy atom. The standard InChI is InChI=1S/C13H12N4S/c1-17-7-6-15-12(17)13-16-11(8-18-13)9-4-2-3-5-10(9)14/h2-8H,14H2,1H3. The van der Waals surface area contributed by atoms with Crippen molar-refractivity contribution in [1.29, 1.82) is 0 Å². The molecular weight excluding hydrogens is 244 g/mol. The Labute approximate surface area is 109 Å². The summed E-state index contributed by atoms with van der Waals surface area (Å²) in [7, 11) is 1.96. The second kappa shape index (κ2) is 4.27. The minimum atomic E-state index is 0.745. The minimum absolute atomic E-state index is 0.745. The number of imidazole rings is 1. The van der Waals surface area contributed by atoms with Gasteiger partial charge < -0.3 is 10.3 Å². The SMILES string of the molecule is Cn1ccnc1-c1nc(-c2ccccc2N)cs1. The van der Waals surface area contributed by atoms with Crippen LogP contribution >= 0.6 is 11.3 Å². The van der Waals surface area contributed by atoms with Gasteiger partial charge in [0.1, 0.15) is 0 Å². The molecule has 0 saturated carbocycles. The van der Waals surface area contributed by atoms with Crippen LogP contribution in [0.1, 0.15) is 0 Å². The maximum atomic E-state index is 5.95. The molecule has 0 aliphatic carbocycles. The number of benzene rings is 1. The van der Waals surface area contributed by atoms with Crippen LogP contribution in [0.25, 0.3) is 22.1 Å². The van der Waals surface area contributed by atoms with Crippen LogP contribution in [-0.4, -0.2) is 14.5 Å². The molecule has 90 valence electrons. The van der Waals surface area contributed by atoms with Crippen LogP contribution in [0.2, 0.25) is 0 Å². The molecule has 0 atom stereocenters. The molecule has 0 unspecified atom stereocenters. The van der Waals surface area contributed by atoms with Crippen molar-refractivity contribution in [2.75, 3.05) is 5.73 Å². The van der Waals surface area contributed by atoms with Gasteiger partial charge in [0.25, 0.3) is 0 Å². The third-order valence-electron chi connectivity index (χ3n) is 2.75. The summed E-state index contributed by atoms with van der Waals surface area (Å²) in [5, 5.41) is 2.91. The van der Waals surface area contributed by atoms with E-state index in [1.165, 1.54) is 0 Å². The Morgan fingerprint density at radius 2 is 2.11 bits per heavy atom. The molecule has 18 heavy (non-hydrogen) atoms. The van der Waals surface area contributed by atoms with Crippen molar-refractivity contribution >= 4 is 17.0 Å². The predicted octanol–water partition coefficient (Wildman–Crippen LogP) is 2.79. The van der Waals surface area contributed by atoms with E-state index >= 15 is 0 Å². The predicted molar refractivity (Wildman–Crippen MR) is 74.2 cm³/mol. The molecule has 0 fully saturated rings. The number of thiazole rings is 1. The van der Waals surface area contributed by atoms with Gasteiger partial charge in [-0.05, 0) is 6.07 Å². The lowest BCUT2D eigenvalue weighted by atomic mass is 10.1. The van der Waals surface area contributed by atoms with E-state index in [0.29, 0.717) is 0 Å². The quantitative estimate of drug-likeness (QED) is 0.717. The Morgan fingerprint density at radius 3 is 2.83 bits per heavy atom. The molecule has 0 bridgehead atoms. The first-order valence-electron chi connectivity index (χ1n) is 5.54. The minimum Gasteiger partial charge on any atom is -0.398 e. The third-order valence-corrected chi connectivity index (χ3v) is 3.59. The first-order valence-corrected chi connectivity index (χ1v) is 6.42. The Kier molecular flexibility index (Phi) is 2.60. The Hall–Kier alpha value is -2.14. The van der Waals surface area contributed by atoms with E-state index < -0.39 is 0 Å². The Bertz CT molecular complexity index is 684. The first-order chi connectivity index (χ1) is 8.75. The summed E-state index contributed by atoms with van der Waals surface area (Å²) < 4.78 is 1.96. The summed E-state index contributed by atoms with van der Waals surface area (Å²) in [6, 6.07) is 7.75. The van der Waals surface area contributed by atoms with Gasteiger partial charge in [0.15, 0.2) is 10.8 Å². The van der Waals surface area contributed by atoms with Crippen LogP contribution in [0.15, 0.2) is 42.0 Å². The van der Waals surface area contributed by atoms with E-state index in [9.17, 15) is 0 Å². The molecule has 5 heteroatoms. The van der Waals surface area contributed by atoms with E-state index in [0.717, 1.165) is 27.8 Å². The van der Waals surface area contributed by atoms with Crippen LogP contribution in [0, 0.1) is 0 Å². The van der Waals surface area contributed by atoms with Gasteiger partial charge in [0, 0.05) is 36.1 Å². The molecule has 3 aromatic rings. The van der Waals surface area contributed by atoms with Crippen molar-refractivity contribution in [3.05, 3.63) is 42.0 Å². The number of hydrogen-bond donors (Lipinski definition) is 1. The maximum absolute atomic E-state index is 5.95. The zero-order valence-corrected chi connectivity index (χ0v) is 10.7. The van der Waals surface area contributed by atoms with Gasteiger partial charge in [-0.25, -0.2) is 9.97 Å². The van der Waals surface area contributed by atoms with E-state index in [1.807, 2.05) is 47.5 Å². The molecule has 2 heterocycles. The summed E-state index contributed by atoms with van der Waals surface area (Å²) >= 11 is 1.57. The van der Waals surface area contributed by atoms with Gasteiger partial charge in [0.2, 0.25) is 0 Å². The molecule has 0 aliphatic heterocycles. The van der Waals surface area contributed by atoms with Gasteiger partial charge >= 0.3 is 0 Å². The van der Waals surface area contributed by atoms with Crippen LogP contribution in [0.5, 0.6) is 0 Å². The fraction of sp³-hybridized carbons (Fsp3) is 0.0769. The fourth-order valence-electron chi connectivity index (χ4n) is 1.80. The highest BCUT2D eigenvalue weighted by molar-refractivity contribution is 7.13. The summed E-state index contributed by atoms with van der Waals surface area (Å²) in [6.07, 6.45) is 3.68. The van der Waals surface area contributed by atoms with Crippen LogP contribution in [0.3, 0.4) is 0 Å². The lowest BCUT2D eigenvalue weighted by Crippen LogP contribution is -1.92. The third kappa shape index (κ3) is 1.78. The van der Waals surface area contributed by atoms with Crippen molar-refractivity contribution in [2.24, 2.45) is 7.05 Å². The molecule has 2 N–H and O–H groups in total. The molecule has 3 rings (SSSR count).